The first-order valence-electron chi connectivity index (χ1n) is 12.0. The fraction of sp³-hybridized carbons (Fsp3) is 0.458. The maximum Gasteiger partial charge on any atom is 0.256 e. The molecule has 12 heteroatoms. The molecule has 10 nitrogen and oxygen atoms in total. The number of sulfonamides is 1. The highest BCUT2D eigenvalue weighted by atomic mass is 35.5. The number of piperidine rings is 1. The van der Waals surface area contributed by atoms with Crippen molar-refractivity contribution in [3.63, 3.8) is 0 Å². The Morgan fingerprint density at radius 3 is 2.67 bits per heavy atom. The number of aromatic nitrogens is 3. The first kappa shape index (κ1) is 24.8. The Kier molecular flexibility index (Phi) is 6.80. The van der Waals surface area contributed by atoms with Crippen LogP contribution in [0.4, 0.5) is 11.5 Å². The molecule has 192 valence electrons. The smallest absolute Gasteiger partial charge is 0.256 e. The number of aryl methyl sites for hydroxylation is 1. The van der Waals surface area contributed by atoms with Crippen LogP contribution in [-0.4, -0.2) is 72.9 Å². The second-order valence-corrected chi connectivity index (χ2v) is 11.4. The summed E-state index contributed by atoms with van der Waals surface area (Å²) < 4.78 is 33.6. The summed E-state index contributed by atoms with van der Waals surface area (Å²) in [6.45, 7) is 5.12. The van der Waals surface area contributed by atoms with Crippen LogP contribution in [0.1, 0.15) is 46.9 Å². The first-order chi connectivity index (χ1) is 17.2. The van der Waals surface area contributed by atoms with Gasteiger partial charge >= 0.3 is 0 Å². The average Bonchev–Trinajstić information content (AvgIpc) is 3.28. The quantitative estimate of drug-likeness (QED) is 0.502. The molecule has 2 aromatic heterocycles. The van der Waals surface area contributed by atoms with E-state index in [0.717, 1.165) is 55.7 Å². The van der Waals surface area contributed by atoms with Crippen LogP contribution in [0.25, 0.3) is 5.65 Å². The molecule has 0 aliphatic carbocycles. The van der Waals surface area contributed by atoms with Crippen molar-refractivity contribution in [3.8, 4) is 0 Å². The third-order valence-corrected chi connectivity index (χ3v) is 7.32. The van der Waals surface area contributed by atoms with Gasteiger partial charge in [0.1, 0.15) is 11.0 Å². The van der Waals surface area contributed by atoms with E-state index in [1.165, 1.54) is 0 Å². The molecule has 2 saturated heterocycles. The van der Waals surface area contributed by atoms with Gasteiger partial charge in [0, 0.05) is 31.8 Å². The van der Waals surface area contributed by atoms with Gasteiger partial charge in [0.25, 0.3) is 5.91 Å². The van der Waals surface area contributed by atoms with Gasteiger partial charge in [0.2, 0.25) is 10.0 Å². The molecule has 2 fully saturated rings. The maximum atomic E-state index is 13.8. The minimum atomic E-state index is -3.55. The fourth-order valence-corrected chi connectivity index (χ4v) is 5.65. The molecule has 1 amide bonds. The van der Waals surface area contributed by atoms with Crippen LogP contribution >= 0.6 is 11.6 Å². The standard InChI is InChI=1S/C24H29ClN6O4S/c1-16-6-7-18(28-36(2,33)34)17(13-16)24(32)30-8-4-3-5-20(30)19-14-22-26-21(25)15-23(31(22)27-19)29-9-11-35-12-10-29/h6-7,13-15,20,28H,3-5,8-12H2,1-2H3/t20-/m0/s1. The van der Waals surface area contributed by atoms with E-state index in [1.54, 1.807) is 33.7 Å². The van der Waals surface area contributed by atoms with Crippen molar-refractivity contribution in [2.75, 3.05) is 48.7 Å². The lowest BCUT2D eigenvalue weighted by molar-refractivity contribution is 0.0606. The topological polar surface area (TPSA) is 109 Å². The molecule has 1 N–H and O–H groups in total. The van der Waals surface area contributed by atoms with Crippen LogP contribution in [0.15, 0.2) is 30.3 Å². The zero-order chi connectivity index (χ0) is 25.4. The third kappa shape index (κ3) is 5.14. The molecule has 0 spiro atoms. The van der Waals surface area contributed by atoms with E-state index in [2.05, 4.69) is 14.6 Å². The molecular formula is C24H29ClN6O4S. The van der Waals surface area contributed by atoms with Crippen molar-refractivity contribution in [1.29, 1.82) is 0 Å². The molecule has 2 aliphatic rings. The number of fused-ring (bicyclic) bond motifs is 1. The molecule has 0 saturated carbocycles. The van der Waals surface area contributed by atoms with Crippen molar-refractivity contribution in [3.05, 3.63) is 52.3 Å². The summed E-state index contributed by atoms with van der Waals surface area (Å²) in [6, 6.07) is 8.56. The fourth-order valence-electron chi connectivity index (χ4n) is 4.89. The van der Waals surface area contributed by atoms with Crippen molar-refractivity contribution >= 4 is 44.7 Å². The Hall–Kier alpha value is -2.89. The summed E-state index contributed by atoms with van der Waals surface area (Å²) in [6.07, 6.45) is 3.64. The first-order valence-corrected chi connectivity index (χ1v) is 14.2. The number of carbonyl (C=O) groups excluding carboxylic acids is 1. The molecule has 4 heterocycles. The highest BCUT2D eigenvalue weighted by molar-refractivity contribution is 7.92. The number of anilines is 2. The second kappa shape index (κ2) is 9.87. The summed E-state index contributed by atoms with van der Waals surface area (Å²) in [5.41, 5.74) is 2.82. The zero-order valence-electron chi connectivity index (χ0n) is 20.3. The van der Waals surface area contributed by atoms with Gasteiger partial charge in [-0.15, -0.1) is 0 Å². The second-order valence-electron chi connectivity index (χ2n) is 9.31. The lowest BCUT2D eigenvalue weighted by Gasteiger charge is -2.35. The number of hydrogen-bond donors (Lipinski definition) is 1. The van der Waals surface area contributed by atoms with Crippen molar-refractivity contribution in [2.24, 2.45) is 0 Å². The summed E-state index contributed by atoms with van der Waals surface area (Å²) in [7, 11) is -3.55. The Balaban J connectivity index is 1.52. The van der Waals surface area contributed by atoms with Crippen LogP contribution in [-0.2, 0) is 14.8 Å². The minimum absolute atomic E-state index is 0.231. The van der Waals surface area contributed by atoms with E-state index in [0.29, 0.717) is 36.1 Å². The number of benzene rings is 1. The van der Waals surface area contributed by atoms with E-state index in [1.807, 2.05) is 13.0 Å². The van der Waals surface area contributed by atoms with Gasteiger partial charge in [-0.3, -0.25) is 9.52 Å². The van der Waals surface area contributed by atoms with Crippen LogP contribution in [0, 0.1) is 6.92 Å². The largest absolute Gasteiger partial charge is 0.378 e. The van der Waals surface area contributed by atoms with Gasteiger partial charge in [-0.05, 0) is 38.3 Å². The van der Waals surface area contributed by atoms with Crippen LogP contribution in [0.2, 0.25) is 5.15 Å². The number of nitrogens with one attached hydrogen (secondary N) is 1. The molecule has 36 heavy (non-hydrogen) atoms. The van der Waals surface area contributed by atoms with Crippen LogP contribution in [0.5, 0.6) is 0 Å². The molecular weight excluding hydrogens is 504 g/mol. The maximum absolute atomic E-state index is 13.8. The Morgan fingerprint density at radius 1 is 1.14 bits per heavy atom. The highest BCUT2D eigenvalue weighted by Gasteiger charge is 2.32. The summed E-state index contributed by atoms with van der Waals surface area (Å²) in [5, 5.41) is 5.26. The molecule has 2 aliphatic heterocycles. The molecule has 0 radical (unpaired) electrons. The van der Waals surface area contributed by atoms with Crippen molar-refractivity contribution < 1.29 is 17.9 Å². The van der Waals surface area contributed by atoms with Crippen LogP contribution < -0.4 is 9.62 Å². The predicted molar refractivity (Wildman–Crippen MR) is 138 cm³/mol. The molecule has 5 rings (SSSR count). The molecule has 3 aromatic rings. The lowest BCUT2D eigenvalue weighted by Crippen LogP contribution is -2.39. The van der Waals surface area contributed by atoms with Gasteiger partial charge in [0.15, 0.2) is 5.65 Å². The number of carbonyl (C=O) groups is 1. The summed E-state index contributed by atoms with van der Waals surface area (Å²) >= 11 is 6.35. The number of amides is 1. The van der Waals surface area contributed by atoms with Gasteiger partial charge in [-0.2, -0.15) is 9.61 Å². The summed E-state index contributed by atoms with van der Waals surface area (Å²) in [4.78, 5) is 22.3. The van der Waals surface area contributed by atoms with E-state index < -0.39 is 10.0 Å². The number of nitrogens with zero attached hydrogens (tertiary/aromatic N) is 5. The van der Waals surface area contributed by atoms with Gasteiger partial charge < -0.3 is 14.5 Å². The third-order valence-electron chi connectivity index (χ3n) is 6.54. The van der Waals surface area contributed by atoms with Crippen molar-refractivity contribution in [1.82, 2.24) is 19.5 Å². The Labute approximate surface area is 215 Å². The lowest BCUT2D eigenvalue weighted by atomic mass is 9.97. The van der Waals surface area contributed by atoms with Gasteiger partial charge in [-0.25, -0.2) is 13.4 Å². The van der Waals surface area contributed by atoms with E-state index in [4.69, 9.17) is 21.4 Å². The number of halogens is 1. The zero-order valence-corrected chi connectivity index (χ0v) is 21.8. The molecule has 0 unspecified atom stereocenters. The monoisotopic (exact) mass is 532 g/mol. The number of hydrogen-bond acceptors (Lipinski definition) is 7. The van der Waals surface area contributed by atoms with Crippen molar-refractivity contribution in [2.45, 2.75) is 32.2 Å². The number of likely N-dealkylation sites (tertiary alicyclic amines) is 1. The number of rotatable bonds is 5. The van der Waals surface area contributed by atoms with E-state index in [9.17, 15) is 13.2 Å². The average molecular weight is 533 g/mol. The normalized spacial score (nSPS) is 19.0. The summed E-state index contributed by atoms with van der Waals surface area (Å²) in [5.74, 6) is 0.609. The predicted octanol–water partition coefficient (Wildman–Crippen LogP) is 3.27. The Morgan fingerprint density at radius 2 is 1.92 bits per heavy atom. The highest BCUT2D eigenvalue weighted by Crippen LogP contribution is 2.34. The van der Waals surface area contributed by atoms with Gasteiger partial charge in [-0.1, -0.05) is 23.2 Å². The molecule has 1 atom stereocenters. The number of ether oxygens (including phenoxy) is 1. The Bertz CT molecular complexity index is 1400. The van der Waals surface area contributed by atoms with Gasteiger partial charge in [0.05, 0.1) is 42.5 Å². The van der Waals surface area contributed by atoms with E-state index in [-0.39, 0.29) is 17.6 Å². The molecule has 1 aromatic carbocycles. The minimum Gasteiger partial charge on any atom is -0.378 e. The van der Waals surface area contributed by atoms with E-state index >= 15 is 0 Å². The van der Waals surface area contributed by atoms with Crippen LogP contribution in [0.3, 0.4) is 0 Å². The SMILES string of the molecule is Cc1ccc(NS(C)(=O)=O)c(C(=O)N2CCCC[C@H]2c2cc3nc(Cl)cc(N4CCOCC4)n3n2)c1. The molecule has 0 bridgehead atoms. The number of morpholine rings is 1.